The molecular formula is C24H16AlF3N2O2. The van der Waals surface area contributed by atoms with Crippen molar-refractivity contribution in [1.29, 1.82) is 5.26 Å². The van der Waals surface area contributed by atoms with Gasteiger partial charge in [0, 0.05) is 11.1 Å². The lowest BCUT2D eigenvalue weighted by atomic mass is 10.0. The zero-order valence-electron chi connectivity index (χ0n) is 17.0. The summed E-state index contributed by atoms with van der Waals surface area (Å²) in [5.41, 5.74) is 2.57. The molecule has 4 aromatic rings. The highest BCUT2D eigenvalue weighted by atomic mass is 27.2. The lowest BCUT2D eigenvalue weighted by molar-refractivity contribution is -0.136. The minimum atomic E-state index is -4.47. The first-order chi connectivity index (χ1) is 15.3. The van der Waals surface area contributed by atoms with E-state index in [0.29, 0.717) is 17.0 Å². The lowest BCUT2D eigenvalue weighted by Crippen LogP contribution is -2.12. The predicted molar refractivity (Wildman–Crippen MR) is 116 cm³/mol. The Morgan fingerprint density at radius 1 is 0.844 bits per heavy atom. The molecule has 4 rings (SSSR count). The molecule has 0 amide bonds. The zero-order chi connectivity index (χ0) is 22.7. The van der Waals surface area contributed by atoms with E-state index in [-0.39, 0.29) is 16.7 Å². The molecule has 0 unspecified atom stereocenters. The van der Waals surface area contributed by atoms with E-state index in [0.717, 1.165) is 17.2 Å². The molecule has 0 spiro atoms. The second-order valence-electron chi connectivity index (χ2n) is 7.08. The molecule has 0 bridgehead atoms. The summed E-state index contributed by atoms with van der Waals surface area (Å²) in [4.78, 5) is 4.25. The zero-order valence-corrected chi connectivity index (χ0v) is 18.4. The first kappa shape index (κ1) is 21.7. The smallest absolute Gasteiger partial charge is 0.614 e. The summed E-state index contributed by atoms with van der Waals surface area (Å²) < 4.78 is 51.4. The Morgan fingerprint density at radius 2 is 1.50 bits per heavy atom. The van der Waals surface area contributed by atoms with E-state index in [1.54, 1.807) is 37.3 Å². The molecule has 1 aromatic heterocycles. The second kappa shape index (κ2) is 8.92. The van der Waals surface area contributed by atoms with Crippen molar-refractivity contribution in [3.63, 3.8) is 0 Å². The molecule has 32 heavy (non-hydrogen) atoms. The molecule has 0 saturated heterocycles. The van der Waals surface area contributed by atoms with Gasteiger partial charge in [0.2, 0.25) is 0 Å². The monoisotopic (exact) mass is 448 g/mol. The van der Waals surface area contributed by atoms with Crippen molar-refractivity contribution in [3.8, 4) is 28.7 Å². The molecule has 0 radical (unpaired) electrons. The van der Waals surface area contributed by atoms with Crippen LogP contribution in [0, 0.1) is 18.3 Å². The van der Waals surface area contributed by atoms with E-state index in [4.69, 9.17) is 12.8 Å². The molecular weight excluding hydrogens is 432 g/mol. The summed E-state index contributed by atoms with van der Waals surface area (Å²) in [6.45, 7) is 1.72. The number of aryl methyl sites for hydroxylation is 1. The minimum absolute atomic E-state index is 0.00127. The molecule has 0 aliphatic rings. The maximum Gasteiger partial charge on any atom is 0.832 e. The van der Waals surface area contributed by atoms with E-state index in [1.165, 1.54) is 12.1 Å². The van der Waals surface area contributed by atoms with Crippen LogP contribution in [0.3, 0.4) is 0 Å². The Bertz CT molecular complexity index is 1300. The topological polar surface area (TPSA) is 55.1 Å². The van der Waals surface area contributed by atoms with Crippen molar-refractivity contribution in [1.82, 2.24) is 4.98 Å². The fourth-order valence-corrected chi connectivity index (χ4v) is 4.04. The van der Waals surface area contributed by atoms with E-state index in [2.05, 4.69) is 11.1 Å². The Kier molecular flexibility index (Phi) is 6.05. The summed E-state index contributed by atoms with van der Waals surface area (Å²) in [5, 5.41) is 8.89. The number of nitrogens with zero attached hydrogens (tertiary/aromatic N) is 2. The Morgan fingerprint density at radius 3 is 2.12 bits per heavy atom. The van der Waals surface area contributed by atoms with Crippen molar-refractivity contribution >= 4 is 26.8 Å². The lowest BCUT2D eigenvalue weighted by Gasteiger charge is -2.15. The number of rotatable bonds is 5. The summed E-state index contributed by atoms with van der Waals surface area (Å²) in [5.74, 6) is 0.881. The van der Waals surface area contributed by atoms with Gasteiger partial charge in [-0.2, -0.15) is 18.4 Å². The predicted octanol–water partition coefficient (Wildman–Crippen LogP) is 5.83. The standard InChI is InChI=1S/C13H9NO.C11H8F3NO.Al.H/c14-9-10-1-3-11(4-2-10)12-5-7-13(15)8-6-12;1-6-2-3-7-8(11(12,13)14)4-5-9(16)10(7)15-6;;/h1-8,15H;2-5,16H,1H3;;/q;;+2;/p-2. The van der Waals surface area contributed by atoms with Crippen molar-refractivity contribution in [2.45, 2.75) is 13.1 Å². The quantitative estimate of drug-likeness (QED) is 0.361. The van der Waals surface area contributed by atoms with Crippen molar-refractivity contribution in [3.05, 3.63) is 89.6 Å². The highest BCUT2D eigenvalue weighted by molar-refractivity contribution is 6.21. The summed E-state index contributed by atoms with van der Waals surface area (Å²) in [7, 11) is 0. The molecule has 3 aromatic carbocycles. The van der Waals surface area contributed by atoms with Crippen molar-refractivity contribution in [2.24, 2.45) is 0 Å². The number of hydrogen-bond donors (Lipinski definition) is 0. The summed E-state index contributed by atoms with van der Waals surface area (Å²) >= 11 is -1.57. The third-order valence-electron chi connectivity index (χ3n) is 4.91. The fourth-order valence-electron chi connectivity index (χ4n) is 3.30. The number of alkyl halides is 3. The van der Waals surface area contributed by atoms with Crippen LogP contribution in [0.4, 0.5) is 13.2 Å². The summed E-state index contributed by atoms with van der Waals surface area (Å²) in [6, 6.07) is 22.0. The highest BCUT2D eigenvalue weighted by Crippen LogP contribution is 2.37. The van der Waals surface area contributed by atoms with Gasteiger partial charge in [-0.15, -0.1) is 0 Å². The van der Waals surface area contributed by atoms with Crippen LogP contribution in [-0.4, -0.2) is 20.9 Å². The number of halogens is 3. The van der Waals surface area contributed by atoms with Gasteiger partial charge in [-0.1, -0.05) is 30.3 Å². The van der Waals surface area contributed by atoms with E-state index in [1.807, 2.05) is 24.3 Å². The average molecular weight is 448 g/mol. The van der Waals surface area contributed by atoms with Crippen LogP contribution >= 0.6 is 0 Å². The summed E-state index contributed by atoms with van der Waals surface area (Å²) in [6.07, 6.45) is -4.47. The van der Waals surface area contributed by atoms with Crippen LogP contribution in [0.1, 0.15) is 16.8 Å². The largest absolute Gasteiger partial charge is 0.832 e. The molecule has 4 nitrogen and oxygen atoms in total. The van der Waals surface area contributed by atoms with Crippen LogP contribution in [0.25, 0.3) is 22.0 Å². The van der Waals surface area contributed by atoms with Gasteiger partial charge in [0.05, 0.1) is 22.9 Å². The number of benzene rings is 3. The maximum absolute atomic E-state index is 13.3. The van der Waals surface area contributed by atoms with Crippen LogP contribution in [0.15, 0.2) is 72.8 Å². The van der Waals surface area contributed by atoms with Gasteiger partial charge < -0.3 is 7.58 Å². The van der Waals surface area contributed by atoms with Crippen molar-refractivity contribution < 1.29 is 20.7 Å². The third kappa shape index (κ3) is 4.70. The van der Waals surface area contributed by atoms with Gasteiger partial charge >= 0.3 is 22.1 Å². The first-order valence-corrected chi connectivity index (χ1v) is 10.8. The number of hydrogen-bond acceptors (Lipinski definition) is 4. The highest BCUT2D eigenvalue weighted by Gasteiger charge is 2.33. The Labute approximate surface area is 189 Å². The Balaban J connectivity index is 1.47. The van der Waals surface area contributed by atoms with E-state index in [9.17, 15) is 13.2 Å². The van der Waals surface area contributed by atoms with Gasteiger partial charge in [-0.3, -0.25) is 0 Å². The first-order valence-electron chi connectivity index (χ1n) is 9.69. The molecule has 0 aliphatic carbocycles. The van der Waals surface area contributed by atoms with Crippen LogP contribution in [0.2, 0.25) is 0 Å². The fraction of sp³-hybridized carbons (Fsp3) is 0.0833. The van der Waals surface area contributed by atoms with E-state index >= 15 is 0 Å². The minimum Gasteiger partial charge on any atom is -0.614 e. The second-order valence-corrected chi connectivity index (χ2v) is 7.89. The number of fused-ring (bicyclic) bond motifs is 1. The molecule has 0 atom stereocenters. The molecule has 0 aliphatic heterocycles. The number of pyridine rings is 1. The maximum atomic E-state index is 13.3. The molecule has 1 heterocycles. The molecule has 0 fully saturated rings. The van der Waals surface area contributed by atoms with Crippen LogP contribution < -0.4 is 7.58 Å². The van der Waals surface area contributed by atoms with Gasteiger partial charge in [0.1, 0.15) is 11.3 Å². The van der Waals surface area contributed by atoms with Crippen LogP contribution in [-0.2, 0) is 6.18 Å². The average Bonchev–Trinajstić information content (AvgIpc) is 2.79. The molecule has 158 valence electrons. The molecule has 0 N–H and O–H groups in total. The number of nitriles is 1. The van der Waals surface area contributed by atoms with E-state index < -0.39 is 27.6 Å². The SMILES string of the molecule is Cc1ccc2c(C(F)(F)F)ccc([O][AlH][O]c3ccc(-c4ccc(C#N)cc4)cc3)c2n1. The molecule has 0 saturated carbocycles. The third-order valence-corrected chi connectivity index (χ3v) is 5.79. The van der Waals surface area contributed by atoms with Crippen molar-refractivity contribution in [2.75, 3.05) is 0 Å². The van der Waals surface area contributed by atoms with Gasteiger partial charge in [0.15, 0.2) is 0 Å². The van der Waals surface area contributed by atoms with Crippen LogP contribution in [0.5, 0.6) is 11.5 Å². The Hall–Kier alpha value is -3.52. The number of aromatic nitrogens is 1. The van der Waals surface area contributed by atoms with Gasteiger partial charge in [-0.05, 0) is 60.5 Å². The van der Waals surface area contributed by atoms with Gasteiger partial charge in [0.25, 0.3) is 0 Å². The molecule has 8 heteroatoms. The van der Waals surface area contributed by atoms with Gasteiger partial charge in [-0.25, -0.2) is 4.98 Å². The normalized spacial score (nSPS) is 11.1.